The molecule has 0 aliphatic carbocycles. The SMILES string of the molecule is CC[CH2][Cd+].[Br-]. The van der Waals surface area contributed by atoms with Crippen molar-refractivity contribution in [3.05, 3.63) is 0 Å². The Morgan fingerprint density at radius 3 is 1.80 bits per heavy atom. The van der Waals surface area contributed by atoms with E-state index in [9.17, 15) is 0 Å². The topological polar surface area (TPSA) is 0 Å². The summed E-state index contributed by atoms with van der Waals surface area (Å²) < 4.78 is 1.49. The van der Waals surface area contributed by atoms with Crippen LogP contribution in [-0.4, -0.2) is 0 Å². The molecule has 0 fully saturated rings. The van der Waals surface area contributed by atoms with Crippen LogP contribution < -0.4 is 17.0 Å². The Hall–Kier alpha value is 1.40. The predicted molar refractivity (Wildman–Crippen MR) is 15.1 cm³/mol. The molecule has 0 saturated heterocycles. The Labute approximate surface area is 59.8 Å². The van der Waals surface area contributed by atoms with E-state index in [1.165, 1.54) is 36.2 Å². The van der Waals surface area contributed by atoms with E-state index in [2.05, 4.69) is 6.92 Å². The van der Waals surface area contributed by atoms with Crippen molar-refractivity contribution in [2.45, 2.75) is 17.3 Å². The van der Waals surface area contributed by atoms with Gasteiger partial charge in [0, 0.05) is 0 Å². The molecule has 0 aliphatic heterocycles. The molecule has 0 aliphatic rings. The van der Waals surface area contributed by atoms with Crippen molar-refractivity contribution in [2.24, 2.45) is 0 Å². The summed E-state index contributed by atoms with van der Waals surface area (Å²) in [7, 11) is 0. The van der Waals surface area contributed by atoms with Crippen LogP contribution in [-0.2, 0) is 25.8 Å². The Kier molecular flexibility index (Phi) is 17.4. The maximum absolute atomic E-state index is 2.22. The van der Waals surface area contributed by atoms with Crippen molar-refractivity contribution in [3.8, 4) is 0 Å². The van der Waals surface area contributed by atoms with Gasteiger partial charge < -0.3 is 17.0 Å². The Bertz CT molecular complexity index is 8.85. The quantitative estimate of drug-likeness (QED) is 0.479. The van der Waals surface area contributed by atoms with Crippen LogP contribution in [0, 0.1) is 0 Å². The van der Waals surface area contributed by atoms with Gasteiger partial charge in [0.15, 0.2) is 0 Å². The minimum absolute atomic E-state index is 0. The molecule has 0 aromatic heterocycles. The maximum Gasteiger partial charge on any atom is -1.00 e. The van der Waals surface area contributed by atoms with Gasteiger partial charge in [0.2, 0.25) is 0 Å². The van der Waals surface area contributed by atoms with Crippen molar-refractivity contribution in [3.63, 3.8) is 0 Å². The van der Waals surface area contributed by atoms with Gasteiger partial charge in [-0.3, -0.25) is 0 Å². The van der Waals surface area contributed by atoms with Gasteiger partial charge in [0.1, 0.15) is 0 Å². The Morgan fingerprint density at radius 1 is 1.60 bits per heavy atom. The molecule has 0 nitrogen and oxygen atoms in total. The summed E-state index contributed by atoms with van der Waals surface area (Å²) in [5.41, 5.74) is 0. The summed E-state index contributed by atoms with van der Waals surface area (Å²) in [6.45, 7) is 2.22. The van der Waals surface area contributed by atoms with E-state index in [1.54, 1.807) is 0 Å². The minimum atomic E-state index is 0. The molecule has 28 valence electrons. The molecule has 0 atom stereocenters. The first kappa shape index (κ1) is 9.64. The fourth-order valence-corrected chi connectivity index (χ4v) is 0. The van der Waals surface area contributed by atoms with Gasteiger partial charge in [0.05, 0.1) is 0 Å². The van der Waals surface area contributed by atoms with Gasteiger partial charge in [-0.15, -0.1) is 0 Å². The third-order valence-electron chi connectivity index (χ3n) is 0.354. The molecule has 0 radical (unpaired) electrons. The summed E-state index contributed by atoms with van der Waals surface area (Å²) in [4.78, 5) is 0. The van der Waals surface area contributed by atoms with Crippen LogP contribution in [0.4, 0.5) is 0 Å². The Balaban J connectivity index is 0. The van der Waals surface area contributed by atoms with E-state index in [0.717, 1.165) is 0 Å². The van der Waals surface area contributed by atoms with Gasteiger partial charge >= 0.3 is 43.1 Å². The number of rotatable bonds is 1. The summed E-state index contributed by atoms with van der Waals surface area (Å²) in [6.07, 6.45) is 1.40. The zero-order valence-electron chi connectivity index (χ0n) is 3.50. The van der Waals surface area contributed by atoms with Crippen LogP contribution in [0.1, 0.15) is 13.3 Å². The van der Waals surface area contributed by atoms with Gasteiger partial charge in [-0.05, 0) is 0 Å². The molecular weight excluding hydrogens is 228 g/mol. The monoisotopic (exact) mass is 236 g/mol. The van der Waals surface area contributed by atoms with Crippen LogP contribution in [0.5, 0.6) is 0 Å². The van der Waals surface area contributed by atoms with Gasteiger partial charge in [-0.25, -0.2) is 0 Å². The first-order valence-corrected chi connectivity index (χ1v) is 4.56. The predicted octanol–water partition coefficient (Wildman–Crippen LogP) is -1.63. The van der Waals surface area contributed by atoms with Crippen LogP contribution in [0.2, 0.25) is 3.98 Å². The molecule has 0 heterocycles. The summed E-state index contributed by atoms with van der Waals surface area (Å²) in [6, 6.07) is 0. The number of hydrogen-bond acceptors (Lipinski definition) is 0. The van der Waals surface area contributed by atoms with Crippen molar-refractivity contribution in [2.75, 3.05) is 0 Å². The molecule has 0 aromatic rings. The normalized spacial score (nSPS) is 6.20. The summed E-state index contributed by atoms with van der Waals surface area (Å²) in [5, 5.41) is 0. The van der Waals surface area contributed by atoms with Crippen LogP contribution in [0.15, 0.2) is 0 Å². The van der Waals surface area contributed by atoms with E-state index in [0.29, 0.717) is 0 Å². The van der Waals surface area contributed by atoms with Crippen LogP contribution in [0.25, 0.3) is 0 Å². The van der Waals surface area contributed by atoms with E-state index >= 15 is 0 Å². The number of hydrogen-bond donors (Lipinski definition) is 0. The third kappa shape index (κ3) is 10.8. The molecule has 0 aromatic carbocycles. The largest absolute Gasteiger partial charge is 1.00 e. The van der Waals surface area contributed by atoms with Gasteiger partial charge in [0.25, 0.3) is 0 Å². The van der Waals surface area contributed by atoms with E-state index in [1.807, 2.05) is 0 Å². The molecule has 0 bridgehead atoms. The standard InChI is InChI=1S/C3H7.BrH.Cd/c1-3-2;;/h1,3H2,2H3;1H;/q;;+1/p-1. The fourth-order valence-electron chi connectivity index (χ4n) is 0. The first-order valence-electron chi connectivity index (χ1n) is 1.71. The summed E-state index contributed by atoms with van der Waals surface area (Å²) in [5.74, 6) is 0. The van der Waals surface area contributed by atoms with Crippen molar-refractivity contribution >= 4 is 0 Å². The van der Waals surface area contributed by atoms with Gasteiger partial charge in [-0.1, -0.05) is 0 Å². The van der Waals surface area contributed by atoms with E-state index < -0.39 is 0 Å². The molecule has 0 amide bonds. The van der Waals surface area contributed by atoms with Crippen LogP contribution >= 0.6 is 0 Å². The van der Waals surface area contributed by atoms with Crippen molar-refractivity contribution in [1.82, 2.24) is 0 Å². The second-order valence-corrected chi connectivity index (χ2v) is 2.87. The second-order valence-electron chi connectivity index (χ2n) is 0.854. The summed E-state index contributed by atoms with van der Waals surface area (Å²) >= 11 is 1.21. The van der Waals surface area contributed by atoms with E-state index in [4.69, 9.17) is 0 Å². The zero-order chi connectivity index (χ0) is 3.41. The molecule has 0 spiro atoms. The molecular formula is C3H7BrCd. The molecule has 0 saturated carbocycles. The average molecular weight is 235 g/mol. The first-order chi connectivity index (χ1) is 1.91. The average Bonchev–Trinajstić information content (AvgIpc) is 1.37. The second kappa shape index (κ2) is 9.04. The maximum atomic E-state index is 2.22. The smallest absolute Gasteiger partial charge is 1.00 e. The van der Waals surface area contributed by atoms with Gasteiger partial charge in [-0.2, -0.15) is 0 Å². The molecule has 0 unspecified atom stereocenters. The molecule has 2 heteroatoms. The third-order valence-corrected chi connectivity index (χ3v) is 2.37. The Morgan fingerprint density at radius 2 is 1.80 bits per heavy atom. The van der Waals surface area contributed by atoms with Crippen molar-refractivity contribution in [1.29, 1.82) is 0 Å². The molecule has 5 heavy (non-hydrogen) atoms. The minimum Gasteiger partial charge on any atom is -1.00 e. The molecule has 0 N–H and O–H groups in total. The van der Waals surface area contributed by atoms with E-state index in [-0.39, 0.29) is 17.0 Å². The van der Waals surface area contributed by atoms with Crippen molar-refractivity contribution < 1.29 is 42.7 Å². The fraction of sp³-hybridized carbons (Fsp3) is 1.00. The molecule has 0 rings (SSSR count). The number of halogens is 1. The zero-order valence-corrected chi connectivity index (χ0v) is 9.12. The van der Waals surface area contributed by atoms with Crippen LogP contribution in [0.3, 0.4) is 0 Å².